The molecule has 2 rings (SSSR count). The van der Waals surface area contributed by atoms with Gasteiger partial charge in [0.2, 0.25) is 0 Å². The molecule has 94 valence electrons. The second-order valence-electron chi connectivity index (χ2n) is 4.59. The number of halogens is 1. The molecule has 2 heterocycles. The van der Waals surface area contributed by atoms with Crippen LogP contribution in [0, 0.1) is 0 Å². The van der Waals surface area contributed by atoms with Crippen molar-refractivity contribution in [3.8, 4) is 0 Å². The third-order valence-corrected chi connectivity index (χ3v) is 3.35. The highest BCUT2D eigenvalue weighted by Crippen LogP contribution is 2.25. The van der Waals surface area contributed by atoms with Crippen LogP contribution in [-0.4, -0.2) is 23.1 Å². The molecule has 1 fully saturated rings. The minimum absolute atomic E-state index is 0.569. The Bertz CT molecular complexity index is 399. The van der Waals surface area contributed by atoms with E-state index in [0.717, 1.165) is 36.1 Å². The number of piperidine rings is 1. The zero-order chi connectivity index (χ0) is 12.3. The summed E-state index contributed by atoms with van der Waals surface area (Å²) in [4.78, 5) is 8.17. The van der Waals surface area contributed by atoms with Gasteiger partial charge in [0.1, 0.15) is 5.82 Å². The van der Waals surface area contributed by atoms with Gasteiger partial charge in [-0.2, -0.15) is 0 Å². The van der Waals surface area contributed by atoms with Gasteiger partial charge in [-0.25, -0.2) is 4.98 Å². The SMILES string of the molecule is CCc1[nH]c(C2CCNCC2)nc1/C=C(\C)Cl. The zero-order valence-corrected chi connectivity index (χ0v) is 11.3. The molecule has 3 nitrogen and oxygen atoms in total. The largest absolute Gasteiger partial charge is 0.345 e. The fourth-order valence-electron chi connectivity index (χ4n) is 2.31. The second kappa shape index (κ2) is 5.69. The fourth-order valence-corrected chi connectivity index (χ4v) is 2.41. The fraction of sp³-hybridized carbons (Fsp3) is 0.615. The van der Waals surface area contributed by atoms with Crippen LogP contribution < -0.4 is 5.32 Å². The number of H-pyrrole nitrogens is 1. The normalized spacial score (nSPS) is 18.6. The van der Waals surface area contributed by atoms with Crippen LogP contribution in [-0.2, 0) is 6.42 Å². The van der Waals surface area contributed by atoms with Crippen LogP contribution in [0.15, 0.2) is 5.03 Å². The van der Waals surface area contributed by atoms with Crippen molar-refractivity contribution in [3.05, 3.63) is 22.2 Å². The Kier molecular flexibility index (Phi) is 4.24. The van der Waals surface area contributed by atoms with Crippen LogP contribution in [0.25, 0.3) is 6.08 Å². The average Bonchev–Trinajstić information content (AvgIpc) is 2.72. The minimum Gasteiger partial charge on any atom is -0.345 e. The first-order chi connectivity index (χ1) is 8.20. The van der Waals surface area contributed by atoms with Crippen molar-refractivity contribution in [1.29, 1.82) is 0 Å². The average molecular weight is 254 g/mol. The van der Waals surface area contributed by atoms with Gasteiger partial charge in [-0.3, -0.25) is 0 Å². The smallest absolute Gasteiger partial charge is 0.110 e. The maximum absolute atomic E-state index is 5.93. The van der Waals surface area contributed by atoms with Crippen LogP contribution >= 0.6 is 11.6 Å². The van der Waals surface area contributed by atoms with Crippen molar-refractivity contribution < 1.29 is 0 Å². The number of nitrogens with one attached hydrogen (secondary N) is 2. The van der Waals surface area contributed by atoms with Gasteiger partial charge in [0.15, 0.2) is 0 Å². The Morgan fingerprint density at radius 2 is 2.18 bits per heavy atom. The Morgan fingerprint density at radius 1 is 1.47 bits per heavy atom. The number of aromatic nitrogens is 2. The first-order valence-corrected chi connectivity index (χ1v) is 6.71. The number of aromatic amines is 1. The molecule has 0 unspecified atom stereocenters. The summed E-state index contributed by atoms with van der Waals surface area (Å²) >= 11 is 5.93. The molecule has 0 radical (unpaired) electrons. The number of hydrogen-bond acceptors (Lipinski definition) is 2. The zero-order valence-electron chi connectivity index (χ0n) is 10.5. The van der Waals surface area contributed by atoms with Crippen LogP contribution in [0.3, 0.4) is 0 Å². The maximum Gasteiger partial charge on any atom is 0.110 e. The van der Waals surface area contributed by atoms with E-state index in [4.69, 9.17) is 16.6 Å². The van der Waals surface area contributed by atoms with Crippen molar-refractivity contribution in [2.24, 2.45) is 0 Å². The van der Waals surface area contributed by atoms with E-state index in [1.54, 1.807) is 0 Å². The summed E-state index contributed by atoms with van der Waals surface area (Å²) in [7, 11) is 0. The van der Waals surface area contributed by atoms with Gasteiger partial charge in [-0.15, -0.1) is 0 Å². The topological polar surface area (TPSA) is 40.7 Å². The lowest BCUT2D eigenvalue weighted by atomic mass is 9.98. The van der Waals surface area contributed by atoms with Crippen LogP contribution in [0.4, 0.5) is 0 Å². The summed E-state index contributed by atoms with van der Waals surface area (Å²) in [6, 6.07) is 0. The van der Waals surface area contributed by atoms with Gasteiger partial charge in [0.05, 0.1) is 5.69 Å². The van der Waals surface area contributed by atoms with Crippen molar-refractivity contribution in [2.75, 3.05) is 13.1 Å². The molecule has 4 heteroatoms. The lowest BCUT2D eigenvalue weighted by Gasteiger charge is -2.20. The first kappa shape index (κ1) is 12.7. The predicted molar refractivity (Wildman–Crippen MR) is 72.3 cm³/mol. The number of nitrogens with zero attached hydrogens (tertiary/aromatic N) is 1. The quantitative estimate of drug-likeness (QED) is 0.869. The van der Waals surface area contributed by atoms with E-state index in [-0.39, 0.29) is 0 Å². The summed E-state index contributed by atoms with van der Waals surface area (Å²) in [6.07, 6.45) is 5.24. The van der Waals surface area contributed by atoms with Crippen LogP contribution in [0.5, 0.6) is 0 Å². The third-order valence-electron chi connectivity index (χ3n) is 3.24. The number of aryl methyl sites for hydroxylation is 1. The summed E-state index contributed by atoms with van der Waals surface area (Å²) in [6.45, 7) is 6.21. The van der Waals surface area contributed by atoms with E-state index in [9.17, 15) is 0 Å². The van der Waals surface area contributed by atoms with Crippen molar-refractivity contribution in [2.45, 2.75) is 39.0 Å². The molecule has 0 saturated carbocycles. The molecule has 0 atom stereocenters. The third kappa shape index (κ3) is 3.11. The van der Waals surface area contributed by atoms with Crippen molar-refractivity contribution in [3.63, 3.8) is 0 Å². The molecule has 0 aromatic carbocycles. The lowest BCUT2D eigenvalue weighted by molar-refractivity contribution is 0.447. The Hall–Kier alpha value is -0.800. The van der Waals surface area contributed by atoms with E-state index in [1.807, 2.05) is 13.0 Å². The van der Waals surface area contributed by atoms with Gasteiger partial charge >= 0.3 is 0 Å². The lowest BCUT2D eigenvalue weighted by Crippen LogP contribution is -2.27. The summed E-state index contributed by atoms with van der Waals surface area (Å²) in [5.74, 6) is 1.70. The van der Waals surface area contributed by atoms with E-state index >= 15 is 0 Å². The van der Waals surface area contributed by atoms with E-state index in [0.29, 0.717) is 5.92 Å². The highest BCUT2D eigenvalue weighted by Gasteiger charge is 2.19. The maximum atomic E-state index is 5.93. The number of allylic oxidation sites excluding steroid dienone is 1. The molecule has 0 aliphatic carbocycles. The first-order valence-electron chi connectivity index (χ1n) is 6.34. The van der Waals surface area contributed by atoms with Gasteiger partial charge in [-0.1, -0.05) is 18.5 Å². The van der Waals surface area contributed by atoms with E-state index < -0.39 is 0 Å². The van der Waals surface area contributed by atoms with Crippen LogP contribution in [0.2, 0.25) is 0 Å². The summed E-state index contributed by atoms with van der Waals surface area (Å²) < 4.78 is 0. The van der Waals surface area contributed by atoms with Crippen molar-refractivity contribution >= 4 is 17.7 Å². The number of rotatable bonds is 3. The van der Waals surface area contributed by atoms with Crippen LogP contribution in [0.1, 0.15) is 49.8 Å². The molecule has 17 heavy (non-hydrogen) atoms. The molecule has 0 spiro atoms. The molecular weight excluding hydrogens is 234 g/mol. The van der Waals surface area contributed by atoms with Gasteiger partial charge in [-0.05, 0) is 45.4 Å². The molecule has 1 aliphatic heterocycles. The molecule has 1 aliphatic rings. The van der Waals surface area contributed by atoms with Gasteiger partial charge in [0, 0.05) is 16.6 Å². The van der Waals surface area contributed by atoms with Gasteiger partial charge in [0.25, 0.3) is 0 Å². The van der Waals surface area contributed by atoms with Crippen molar-refractivity contribution in [1.82, 2.24) is 15.3 Å². The molecule has 1 saturated heterocycles. The molecule has 0 amide bonds. The predicted octanol–water partition coefficient (Wildman–Crippen LogP) is 3.04. The highest BCUT2D eigenvalue weighted by atomic mass is 35.5. The molecular formula is C13H20ClN3. The minimum atomic E-state index is 0.569. The van der Waals surface area contributed by atoms with Gasteiger partial charge < -0.3 is 10.3 Å². The molecule has 1 aromatic heterocycles. The monoisotopic (exact) mass is 253 g/mol. The Morgan fingerprint density at radius 3 is 2.76 bits per heavy atom. The number of imidazole rings is 1. The molecule has 2 N–H and O–H groups in total. The molecule has 1 aromatic rings. The second-order valence-corrected chi connectivity index (χ2v) is 5.19. The Balaban J connectivity index is 2.23. The standard InChI is InChI=1S/C13H20ClN3/c1-3-11-12(8-9(2)14)17-13(16-11)10-4-6-15-7-5-10/h8,10,15H,3-7H2,1-2H3,(H,16,17)/b9-8+. The van der Waals surface area contributed by atoms with E-state index in [1.165, 1.54) is 18.5 Å². The Labute approximate surface area is 108 Å². The summed E-state index contributed by atoms with van der Waals surface area (Å²) in [5, 5.41) is 4.16. The number of hydrogen-bond donors (Lipinski definition) is 2. The highest BCUT2D eigenvalue weighted by molar-refractivity contribution is 6.31. The summed E-state index contributed by atoms with van der Waals surface area (Å²) in [5.41, 5.74) is 2.20. The van der Waals surface area contributed by atoms with E-state index in [2.05, 4.69) is 17.2 Å². The molecule has 0 bridgehead atoms.